The van der Waals surface area contributed by atoms with Crippen molar-refractivity contribution in [2.45, 2.75) is 69.7 Å². The van der Waals surface area contributed by atoms with Gasteiger partial charge in [0.2, 0.25) is 5.91 Å². The number of nitrogens with zero attached hydrogens (tertiary/aromatic N) is 5. The Morgan fingerprint density at radius 2 is 1.98 bits per heavy atom. The number of nitrogens with one attached hydrogen (secondary N) is 1. The van der Waals surface area contributed by atoms with Crippen molar-refractivity contribution in [2.24, 2.45) is 11.8 Å². The van der Waals surface area contributed by atoms with Crippen molar-refractivity contribution in [1.82, 2.24) is 24.8 Å². The summed E-state index contributed by atoms with van der Waals surface area (Å²) in [5.41, 5.74) is 4.04. The molecule has 1 amide bonds. The number of ether oxygens (including phenoxy) is 1. The molecule has 5 fully saturated rings. The number of carbonyl (C=O) groups excluding carboxylic acids is 1. The molecule has 5 atom stereocenters. The van der Waals surface area contributed by atoms with E-state index in [9.17, 15) is 14.4 Å². The third kappa shape index (κ3) is 5.27. The van der Waals surface area contributed by atoms with Crippen molar-refractivity contribution >= 4 is 50.9 Å². The molecule has 5 aliphatic rings. The zero-order valence-electron chi connectivity index (χ0n) is 27.8. The van der Waals surface area contributed by atoms with Crippen LogP contribution in [0.4, 0.5) is 8.78 Å². The molecule has 51 heavy (non-hydrogen) atoms. The molecule has 3 saturated heterocycles. The van der Waals surface area contributed by atoms with Crippen LogP contribution >= 0.6 is 23.2 Å². The van der Waals surface area contributed by atoms with Crippen LogP contribution in [-0.2, 0) is 11.2 Å². The maximum absolute atomic E-state index is 17.1. The first-order valence-electron chi connectivity index (χ1n) is 17.5. The number of fused-ring (bicyclic) bond motifs is 4. The summed E-state index contributed by atoms with van der Waals surface area (Å²) in [7, 11) is 0. The second kappa shape index (κ2) is 12.4. The monoisotopic (exact) mass is 726 g/mol. The topological polar surface area (TPSA) is 96.1 Å². The van der Waals surface area contributed by atoms with E-state index in [0.717, 1.165) is 42.4 Å². The minimum absolute atomic E-state index is 0.0324. The summed E-state index contributed by atoms with van der Waals surface area (Å²) in [5, 5.41) is 15.3. The molecule has 2 bridgehead atoms. The fourth-order valence-electron chi connectivity index (χ4n) is 8.69. The fraction of sp³-hybridized carbons (Fsp3) is 0.385. The van der Waals surface area contributed by atoms with Crippen LogP contribution < -0.4 is 10.1 Å². The van der Waals surface area contributed by atoms with Crippen molar-refractivity contribution in [1.29, 1.82) is 5.26 Å². The lowest BCUT2D eigenvalue weighted by Gasteiger charge is -2.39. The number of nitriles is 1. The Balaban J connectivity index is 1.26. The first-order valence-corrected chi connectivity index (χ1v) is 18.3. The van der Waals surface area contributed by atoms with E-state index in [1.807, 2.05) is 17.9 Å². The Hall–Kier alpha value is -4.30. The number of aromatic nitrogens is 3. The third-order valence-electron chi connectivity index (χ3n) is 11.2. The van der Waals surface area contributed by atoms with Gasteiger partial charge < -0.3 is 19.5 Å². The van der Waals surface area contributed by atoms with Crippen molar-refractivity contribution in [3.63, 3.8) is 0 Å². The Kier molecular flexibility index (Phi) is 7.95. The molecule has 10 rings (SSSR count). The quantitative estimate of drug-likeness (QED) is 0.173. The van der Waals surface area contributed by atoms with Crippen LogP contribution in [0.15, 0.2) is 48.7 Å². The van der Waals surface area contributed by atoms with Crippen molar-refractivity contribution in [3.8, 4) is 23.1 Å². The SMILES string of the molecule is Cc1nc2c(F)c(-c3cccc(Cl)c3Cl)c(CCC#N)cc2c2c1cc([C@H]1C[C@H](Oc3ncccc3F)CN1C(=O)C1CC1)n2[C@H]1[C@H]2CN[C@@H]1C2. The predicted molar refractivity (Wildman–Crippen MR) is 191 cm³/mol. The number of hydrogen-bond acceptors (Lipinski definition) is 6. The number of benzene rings is 2. The molecule has 260 valence electrons. The predicted octanol–water partition coefficient (Wildman–Crippen LogP) is 8.26. The van der Waals surface area contributed by atoms with Gasteiger partial charge in [0.25, 0.3) is 5.88 Å². The van der Waals surface area contributed by atoms with E-state index in [1.54, 1.807) is 18.2 Å². The molecule has 2 aliphatic carbocycles. The third-order valence-corrected chi connectivity index (χ3v) is 12.1. The summed E-state index contributed by atoms with van der Waals surface area (Å²) < 4.78 is 40.3. The molecule has 2 aromatic carbocycles. The smallest absolute Gasteiger partial charge is 0.250 e. The van der Waals surface area contributed by atoms with E-state index in [1.165, 1.54) is 18.3 Å². The standard InChI is InChI=1S/C39H34Cl2F2N6O2/c1-19-25-16-31(30-15-23(18-48(30)39(50)20-9-10-20)51-38-28(42)8-4-12-45-38)49(36-22-14-29(36)46-17-22)37(25)26-13-21(5-3-11-44)32(34(43)35(26)47-19)24-6-2-7-27(40)33(24)41/h2,4,6-8,12-13,16,20,22-23,29-30,36,46H,3,5,9-10,14-15,17-18H2,1H3/t22-,23+,29-,30-,36+/m1/s1. The molecule has 3 aromatic heterocycles. The average Bonchev–Trinajstić information content (AvgIpc) is 3.40. The van der Waals surface area contributed by atoms with Gasteiger partial charge in [0.1, 0.15) is 11.6 Å². The maximum Gasteiger partial charge on any atom is 0.250 e. The molecule has 2 saturated carbocycles. The Labute approximate surface area is 303 Å². The molecular formula is C39H34Cl2F2N6O2. The molecule has 0 spiro atoms. The number of rotatable bonds is 8. The normalized spacial score (nSPS) is 23.9. The second-order valence-corrected chi connectivity index (χ2v) is 15.1. The van der Waals surface area contributed by atoms with Crippen molar-refractivity contribution < 1.29 is 18.3 Å². The number of likely N-dealkylation sites (tertiary alicyclic amines) is 1. The summed E-state index contributed by atoms with van der Waals surface area (Å²) in [5.74, 6) is -0.736. The van der Waals surface area contributed by atoms with Crippen LogP contribution in [0.5, 0.6) is 5.88 Å². The molecule has 0 unspecified atom stereocenters. The van der Waals surface area contributed by atoms with Crippen molar-refractivity contribution in [2.75, 3.05) is 13.1 Å². The van der Waals surface area contributed by atoms with E-state index in [0.29, 0.717) is 58.1 Å². The van der Waals surface area contributed by atoms with Gasteiger partial charge in [-0.15, -0.1) is 0 Å². The average molecular weight is 728 g/mol. The van der Waals surface area contributed by atoms with Gasteiger partial charge in [-0.2, -0.15) is 5.26 Å². The van der Waals surface area contributed by atoms with Gasteiger partial charge in [-0.25, -0.2) is 18.7 Å². The molecule has 1 N–H and O–H groups in total. The number of amides is 1. The van der Waals surface area contributed by atoms with E-state index in [-0.39, 0.29) is 52.8 Å². The van der Waals surface area contributed by atoms with Crippen LogP contribution in [0.1, 0.15) is 61.1 Å². The molecule has 12 heteroatoms. The maximum atomic E-state index is 17.1. The molecule has 0 radical (unpaired) electrons. The van der Waals surface area contributed by atoms with E-state index >= 15 is 4.39 Å². The second-order valence-electron chi connectivity index (χ2n) is 14.3. The molecular weight excluding hydrogens is 693 g/mol. The number of hydrogen-bond donors (Lipinski definition) is 1. The largest absolute Gasteiger partial charge is 0.470 e. The molecule has 5 aromatic rings. The lowest BCUT2D eigenvalue weighted by Crippen LogP contribution is -2.41. The molecule has 8 nitrogen and oxygen atoms in total. The van der Waals surface area contributed by atoms with Crippen LogP contribution in [0.2, 0.25) is 10.0 Å². The lowest BCUT2D eigenvalue weighted by atomic mass is 9.79. The van der Waals surface area contributed by atoms with Gasteiger partial charge in [0.05, 0.1) is 40.3 Å². The van der Waals surface area contributed by atoms with Crippen LogP contribution in [0.25, 0.3) is 32.9 Å². The van der Waals surface area contributed by atoms with Crippen LogP contribution in [0, 0.1) is 41.7 Å². The van der Waals surface area contributed by atoms with Gasteiger partial charge in [0.15, 0.2) is 11.6 Å². The summed E-state index contributed by atoms with van der Waals surface area (Å²) in [6.45, 7) is 3.06. The summed E-state index contributed by atoms with van der Waals surface area (Å²) in [4.78, 5) is 24.8. The number of carbonyl (C=O) groups is 1. The van der Waals surface area contributed by atoms with Gasteiger partial charge >= 0.3 is 0 Å². The van der Waals surface area contributed by atoms with Crippen LogP contribution in [-0.4, -0.2) is 50.6 Å². The summed E-state index contributed by atoms with van der Waals surface area (Å²) >= 11 is 13.1. The molecule has 6 heterocycles. The lowest BCUT2D eigenvalue weighted by molar-refractivity contribution is -0.133. The number of aryl methyl sites for hydroxylation is 2. The first-order chi connectivity index (χ1) is 24.7. The van der Waals surface area contributed by atoms with Crippen molar-refractivity contribution in [3.05, 3.63) is 87.3 Å². The molecule has 3 aliphatic heterocycles. The number of halogens is 4. The minimum Gasteiger partial charge on any atom is -0.470 e. The van der Waals surface area contributed by atoms with Gasteiger partial charge in [-0.05, 0) is 74.4 Å². The van der Waals surface area contributed by atoms with E-state index in [2.05, 4.69) is 27.0 Å². The first kappa shape index (κ1) is 32.6. The zero-order valence-corrected chi connectivity index (χ0v) is 29.3. The van der Waals surface area contributed by atoms with E-state index in [4.69, 9.17) is 32.9 Å². The Morgan fingerprint density at radius 1 is 1.14 bits per heavy atom. The highest BCUT2D eigenvalue weighted by Crippen LogP contribution is 2.51. The minimum atomic E-state index is -0.548. The van der Waals surface area contributed by atoms with Crippen LogP contribution in [0.3, 0.4) is 0 Å². The summed E-state index contributed by atoms with van der Waals surface area (Å²) in [6, 6.07) is 14.2. The highest BCUT2D eigenvalue weighted by Gasteiger charge is 2.51. The Bertz CT molecular complexity index is 2290. The highest BCUT2D eigenvalue weighted by atomic mass is 35.5. The highest BCUT2D eigenvalue weighted by molar-refractivity contribution is 6.43. The summed E-state index contributed by atoms with van der Waals surface area (Å²) in [6.07, 6.45) is 4.68. The van der Waals surface area contributed by atoms with E-state index < -0.39 is 17.7 Å². The number of pyridine rings is 2. The van der Waals surface area contributed by atoms with Gasteiger partial charge in [-0.3, -0.25) is 4.79 Å². The van der Waals surface area contributed by atoms with Gasteiger partial charge in [0, 0.05) is 70.8 Å². The van der Waals surface area contributed by atoms with Gasteiger partial charge in [-0.1, -0.05) is 35.3 Å². The Morgan fingerprint density at radius 3 is 2.71 bits per heavy atom. The fourth-order valence-corrected chi connectivity index (χ4v) is 9.08. The zero-order chi connectivity index (χ0) is 35.1.